The maximum Gasteiger partial charge on any atom is 0.350 e. The number of hydrogen-bond donors (Lipinski definition) is 1. The van der Waals surface area contributed by atoms with Gasteiger partial charge >= 0.3 is 5.69 Å². The number of benzene rings is 2. The van der Waals surface area contributed by atoms with Crippen molar-refractivity contribution in [3.63, 3.8) is 0 Å². The molecular formula is C20H23ClFN5O. The standard InChI is InChI=1S/C20H22FN5O.ClH/c1-15(18-4-2-3-5-19(18)21)26-20(27)25(14-23-26)17-8-6-16(7-9-17)24-12-10-22-11-13-24;/h2-9,14-15,22H,10-13H2,1H3;1H. The lowest BCUT2D eigenvalue weighted by Crippen LogP contribution is -2.43. The molecule has 1 unspecified atom stereocenters. The molecule has 0 radical (unpaired) electrons. The molecule has 1 aromatic heterocycles. The van der Waals surface area contributed by atoms with Crippen LogP contribution in [-0.4, -0.2) is 40.5 Å². The van der Waals surface area contributed by atoms with Gasteiger partial charge in [-0.3, -0.25) is 0 Å². The zero-order chi connectivity index (χ0) is 18.8. The van der Waals surface area contributed by atoms with E-state index in [0.29, 0.717) is 5.56 Å². The molecule has 1 atom stereocenters. The summed E-state index contributed by atoms with van der Waals surface area (Å²) >= 11 is 0. The van der Waals surface area contributed by atoms with Crippen molar-refractivity contribution in [1.29, 1.82) is 0 Å². The quantitative estimate of drug-likeness (QED) is 0.727. The summed E-state index contributed by atoms with van der Waals surface area (Å²) < 4.78 is 16.8. The van der Waals surface area contributed by atoms with E-state index < -0.39 is 6.04 Å². The van der Waals surface area contributed by atoms with Crippen LogP contribution in [0.15, 0.2) is 59.7 Å². The second-order valence-electron chi connectivity index (χ2n) is 6.68. The van der Waals surface area contributed by atoms with Gasteiger partial charge < -0.3 is 10.2 Å². The Balaban J connectivity index is 0.00000225. The maximum absolute atomic E-state index is 14.0. The fraction of sp³-hybridized carbons (Fsp3) is 0.300. The molecule has 8 heteroatoms. The highest BCUT2D eigenvalue weighted by Crippen LogP contribution is 2.20. The molecule has 0 aliphatic carbocycles. The number of piperazine rings is 1. The van der Waals surface area contributed by atoms with Crippen LogP contribution in [0.3, 0.4) is 0 Å². The lowest BCUT2D eigenvalue weighted by atomic mass is 10.1. The largest absolute Gasteiger partial charge is 0.369 e. The predicted octanol–water partition coefficient (Wildman–Crippen LogP) is 2.61. The summed E-state index contributed by atoms with van der Waals surface area (Å²) in [7, 11) is 0. The summed E-state index contributed by atoms with van der Waals surface area (Å²) in [6.07, 6.45) is 1.49. The van der Waals surface area contributed by atoms with Crippen molar-refractivity contribution in [2.45, 2.75) is 13.0 Å². The average molecular weight is 404 g/mol. The fourth-order valence-electron chi connectivity index (χ4n) is 3.45. The van der Waals surface area contributed by atoms with Gasteiger partial charge in [0.05, 0.1) is 11.7 Å². The van der Waals surface area contributed by atoms with Crippen molar-refractivity contribution >= 4 is 18.1 Å². The number of nitrogens with zero attached hydrogens (tertiary/aromatic N) is 4. The monoisotopic (exact) mass is 403 g/mol. The maximum atomic E-state index is 14.0. The highest BCUT2D eigenvalue weighted by atomic mass is 35.5. The van der Waals surface area contributed by atoms with E-state index >= 15 is 0 Å². The highest BCUT2D eigenvalue weighted by Gasteiger charge is 2.18. The van der Waals surface area contributed by atoms with Gasteiger partial charge in [0.2, 0.25) is 0 Å². The minimum absolute atomic E-state index is 0. The first-order valence-corrected chi connectivity index (χ1v) is 9.12. The van der Waals surface area contributed by atoms with Crippen LogP contribution >= 0.6 is 12.4 Å². The van der Waals surface area contributed by atoms with Gasteiger partial charge in [-0.05, 0) is 37.3 Å². The van der Waals surface area contributed by atoms with Crippen LogP contribution in [0.1, 0.15) is 18.5 Å². The van der Waals surface area contributed by atoms with Crippen LogP contribution in [0.25, 0.3) is 5.69 Å². The Bertz CT molecular complexity index is 979. The number of rotatable bonds is 4. The summed E-state index contributed by atoms with van der Waals surface area (Å²) in [5, 5.41) is 7.54. The molecule has 6 nitrogen and oxygen atoms in total. The van der Waals surface area contributed by atoms with Crippen LogP contribution in [-0.2, 0) is 0 Å². The Morgan fingerprint density at radius 2 is 1.68 bits per heavy atom. The Kier molecular flexibility index (Phi) is 6.16. The van der Waals surface area contributed by atoms with Gasteiger partial charge in [0.15, 0.2) is 0 Å². The molecule has 1 aliphatic heterocycles. The molecule has 1 aliphatic rings. The van der Waals surface area contributed by atoms with Crippen LogP contribution in [0, 0.1) is 5.82 Å². The lowest BCUT2D eigenvalue weighted by molar-refractivity contribution is 0.506. The number of aromatic nitrogens is 3. The Hall–Kier alpha value is -2.64. The van der Waals surface area contributed by atoms with Crippen molar-refractivity contribution in [3.05, 3.63) is 76.7 Å². The van der Waals surface area contributed by atoms with Crippen molar-refractivity contribution in [1.82, 2.24) is 19.7 Å². The Morgan fingerprint density at radius 1 is 1.04 bits per heavy atom. The van der Waals surface area contributed by atoms with E-state index in [1.54, 1.807) is 25.1 Å². The first-order chi connectivity index (χ1) is 13.1. The number of hydrogen-bond acceptors (Lipinski definition) is 4. The molecular weight excluding hydrogens is 381 g/mol. The van der Waals surface area contributed by atoms with E-state index in [0.717, 1.165) is 37.6 Å². The second-order valence-corrected chi connectivity index (χ2v) is 6.68. The zero-order valence-corrected chi connectivity index (χ0v) is 16.4. The summed E-state index contributed by atoms with van der Waals surface area (Å²) in [5.41, 5.74) is 2.03. The first kappa shape index (κ1) is 20.1. The molecule has 2 heterocycles. The highest BCUT2D eigenvalue weighted by molar-refractivity contribution is 5.85. The van der Waals surface area contributed by atoms with Crippen molar-refractivity contribution < 1.29 is 4.39 Å². The van der Waals surface area contributed by atoms with Crippen molar-refractivity contribution in [2.75, 3.05) is 31.1 Å². The van der Waals surface area contributed by atoms with Gasteiger partial charge in [-0.1, -0.05) is 18.2 Å². The molecule has 0 bridgehead atoms. The third-order valence-corrected chi connectivity index (χ3v) is 5.03. The van der Waals surface area contributed by atoms with Gasteiger partial charge in [-0.25, -0.2) is 18.4 Å². The third kappa shape index (κ3) is 3.81. The third-order valence-electron chi connectivity index (χ3n) is 5.03. The van der Waals surface area contributed by atoms with Crippen molar-refractivity contribution in [2.24, 2.45) is 0 Å². The van der Waals surface area contributed by atoms with E-state index in [2.05, 4.69) is 15.3 Å². The molecule has 4 rings (SSSR count). The van der Waals surface area contributed by atoms with Crippen LogP contribution in [0.5, 0.6) is 0 Å². The molecule has 0 amide bonds. The van der Waals surface area contributed by atoms with Gasteiger partial charge in [0.25, 0.3) is 0 Å². The van der Waals surface area contributed by atoms with Crippen LogP contribution in [0.2, 0.25) is 0 Å². The molecule has 0 spiro atoms. The predicted molar refractivity (Wildman–Crippen MR) is 110 cm³/mol. The normalized spacial score (nSPS) is 15.1. The Morgan fingerprint density at radius 3 is 2.36 bits per heavy atom. The van der Waals surface area contributed by atoms with Gasteiger partial charge in [0.1, 0.15) is 12.1 Å². The fourth-order valence-corrected chi connectivity index (χ4v) is 3.45. The van der Waals surface area contributed by atoms with E-state index in [1.807, 2.05) is 24.3 Å². The van der Waals surface area contributed by atoms with Crippen LogP contribution < -0.4 is 15.9 Å². The SMILES string of the molecule is CC(c1ccccc1F)n1ncn(-c2ccc(N3CCNCC3)cc2)c1=O.Cl. The molecule has 148 valence electrons. The average Bonchev–Trinajstić information content (AvgIpc) is 3.10. The zero-order valence-electron chi connectivity index (χ0n) is 15.6. The van der Waals surface area contributed by atoms with Gasteiger partial charge in [-0.15, -0.1) is 12.4 Å². The van der Waals surface area contributed by atoms with E-state index in [9.17, 15) is 9.18 Å². The molecule has 28 heavy (non-hydrogen) atoms. The molecule has 0 saturated carbocycles. The molecule has 1 fully saturated rings. The van der Waals surface area contributed by atoms with Gasteiger partial charge in [-0.2, -0.15) is 5.10 Å². The topological polar surface area (TPSA) is 55.1 Å². The van der Waals surface area contributed by atoms with Crippen LogP contribution in [0.4, 0.5) is 10.1 Å². The molecule has 1 N–H and O–H groups in total. The van der Waals surface area contributed by atoms with E-state index in [1.165, 1.54) is 21.6 Å². The van der Waals surface area contributed by atoms with Crippen molar-refractivity contribution in [3.8, 4) is 5.69 Å². The second kappa shape index (κ2) is 8.58. The summed E-state index contributed by atoms with van der Waals surface area (Å²) in [6.45, 7) is 5.66. The van der Waals surface area contributed by atoms with E-state index in [-0.39, 0.29) is 23.9 Å². The summed E-state index contributed by atoms with van der Waals surface area (Å²) in [4.78, 5) is 15.1. The number of anilines is 1. The first-order valence-electron chi connectivity index (χ1n) is 9.12. The minimum Gasteiger partial charge on any atom is -0.369 e. The molecule has 1 saturated heterocycles. The summed E-state index contributed by atoms with van der Waals surface area (Å²) in [5.74, 6) is -0.341. The summed E-state index contributed by atoms with van der Waals surface area (Å²) in [6, 6.07) is 13.8. The molecule has 2 aromatic carbocycles. The lowest BCUT2D eigenvalue weighted by Gasteiger charge is -2.29. The number of halogens is 2. The smallest absolute Gasteiger partial charge is 0.350 e. The Labute approximate surface area is 169 Å². The van der Waals surface area contributed by atoms with Gasteiger partial charge in [0, 0.05) is 37.4 Å². The van der Waals surface area contributed by atoms with E-state index in [4.69, 9.17) is 0 Å². The number of nitrogens with one attached hydrogen (secondary N) is 1. The minimum atomic E-state index is -0.486. The molecule has 3 aromatic rings.